The van der Waals surface area contributed by atoms with Crippen LogP contribution in [0.5, 0.6) is 0 Å². The molecule has 0 amide bonds. The number of furan rings is 1. The number of nitrogens with zero attached hydrogens (tertiary/aromatic N) is 1. The van der Waals surface area contributed by atoms with Crippen LogP contribution in [0.15, 0.2) is 59.1 Å². The van der Waals surface area contributed by atoms with Crippen molar-refractivity contribution in [1.82, 2.24) is 0 Å². The Balaban J connectivity index is 2.23. The molecular weight excluding hydrogens is 270 g/mol. The second-order valence-corrected chi connectivity index (χ2v) is 5.62. The van der Waals surface area contributed by atoms with Crippen LogP contribution in [0.2, 0.25) is 0 Å². The smallest absolute Gasteiger partial charge is 0.216 e. The van der Waals surface area contributed by atoms with Gasteiger partial charge in [0, 0.05) is 27.0 Å². The van der Waals surface area contributed by atoms with Gasteiger partial charge in [-0.15, -0.1) is 0 Å². The summed E-state index contributed by atoms with van der Waals surface area (Å²) in [7, 11) is 1.97. The topological polar surface area (TPSA) is 17.0 Å². The summed E-state index contributed by atoms with van der Waals surface area (Å²) in [5, 5.41) is 1.52. The lowest BCUT2D eigenvalue weighted by molar-refractivity contribution is -0.660. The zero-order chi connectivity index (χ0) is 17.8. The van der Waals surface area contributed by atoms with Crippen LogP contribution in [0.3, 0.4) is 0 Å². The van der Waals surface area contributed by atoms with Crippen molar-refractivity contribution in [3.05, 3.63) is 65.9 Å². The van der Waals surface area contributed by atoms with E-state index in [-0.39, 0.29) is 0 Å². The van der Waals surface area contributed by atoms with Gasteiger partial charge in [-0.2, -0.15) is 0 Å². The van der Waals surface area contributed by atoms with Gasteiger partial charge in [-0.25, -0.2) is 4.57 Å². The number of pyridine rings is 1. The lowest BCUT2D eigenvalue weighted by atomic mass is 9.97. The van der Waals surface area contributed by atoms with Gasteiger partial charge in [-0.3, -0.25) is 0 Å². The molecule has 0 spiro atoms. The van der Waals surface area contributed by atoms with Crippen LogP contribution in [0.25, 0.3) is 33.2 Å². The van der Waals surface area contributed by atoms with E-state index in [1.807, 2.05) is 67.2 Å². The van der Waals surface area contributed by atoms with Gasteiger partial charge in [0.15, 0.2) is 6.20 Å². The highest BCUT2D eigenvalue weighted by Crippen LogP contribution is 2.38. The van der Waals surface area contributed by atoms with Gasteiger partial charge in [0.1, 0.15) is 18.2 Å². The first-order valence-electron chi connectivity index (χ1n) is 8.78. The van der Waals surface area contributed by atoms with E-state index >= 15 is 0 Å². The van der Waals surface area contributed by atoms with E-state index in [4.69, 9.17) is 8.53 Å². The first kappa shape index (κ1) is 10.2. The molecule has 0 aliphatic heterocycles. The molecule has 22 heavy (non-hydrogen) atoms. The van der Waals surface area contributed by atoms with Crippen molar-refractivity contribution in [2.45, 2.75) is 13.8 Å². The summed E-state index contributed by atoms with van der Waals surface area (Å²) in [6.45, 7) is -0.267. The third-order valence-electron chi connectivity index (χ3n) is 4.16. The highest BCUT2D eigenvalue weighted by atomic mass is 16.3. The molecule has 2 aromatic heterocycles. The van der Waals surface area contributed by atoms with Gasteiger partial charge in [0.05, 0.1) is 5.56 Å². The second kappa shape index (κ2) is 4.70. The number of fused-ring (bicyclic) bond motifs is 3. The standard InChI is InChI=1S/C20H18NO/c1-13-12-14(2)19(16-9-6-7-11-21(16)3)20-18(13)15-8-4-5-10-17(15)22-20/h4-12H,1-3H3/q+1/i1D3. The van der Waals surface area contributed by atoms with Crippen LogP contribution >= 0.6 is 0 Å². The third kappa shape index (κ3) is 1.77. The van der Waals surface area contributed by atoms with Crippen molar-refractivity contribution in [3.8, 4) is 11.3 Å². The first-order chi connectivity index (χ1) is 11.9. The van der Waals surface area contributed by atoms with Gasteiger partial charge in [0.2, 0.25) is 5.69 Å². The molecule has 108 valence electrons. The summed E-state index contributed by atoms with van der Waals surface area (Å²) in [5.41, 5.74) is 4.48. The molecule has 4 aromatic rings. The number of aromatic nitrogens is 1. The average molecular weight is 291 g/mol. The van der Waals surface area contributed by atoms with Crippen LogP contribution in [0, 0.1) is 13.8 Å². The molecule has 2 aromatic carbocycles. The lowest BCUT2D eigenvalue weighted by Crippen LogP contribution is -2.30. The molecule has 0 aliphatic carbocycles. The Morgan fingerprint density at radius 1 is 1.05 bits per heavy atom. The summed E-state index contributed by atoms with van der Waals surface area (Å²) in [6, 6.07) is 15.3. The fraction of sp³-hybridized carbons (Fsp3) is 0.150. The molecule has 2 heterocycles. The van der Waals surface area contributed by atoms with E-state index in [9.17, 15) is 0 Å². The highest BCUT2D eigenvalue weighted by Gasteiger charge is 2.21. The molecule has 0 N–H and O–H groups in total. The summed E-state index contributed by atoms with van der Waals surface area (Å²) in [5.74, 6) is 0. The zero-order valence-electron chi connectivity index (χ0n) is 15.6. The van der Waals surface area contributed by atoms with Crippen LogP contribution in [0.1, 0.15) is 15.2 Å². The molecule has 2 heteroatoms. The summed E-state index contributed by atoms with van der Waals surface area (Å²) in [6.07, 6.45) is 1.97. The molecule has 0 atom stereocenters. The Morgan fingerprint density at radius 3 is 2.68 bits per heavy atom. The molecule has 0 fully saturated rings. The van der Waals surface area contributed by atoms with Crippen molar-refractivity contribution in [1.29, 1.82) is 0 Å². The Hall–Kier alpha value is -2.61. The Morgan fingerprint density at radius 2 is 1.86 bits per heavy atom. The fourth-order valence-corrected chi connectivity index (χ4v) is 3.13. The van der Waals surface area contributed by atoms with Crippen molar-refractivity contribution in [2.75, 3.05) is 0 Å². The number of hydrogen-bond donors (Lipinski definition) is 0. The van der Waals surface area contributed by atoms with E-state index in [0.717, 1.165) is 22.2 Å². The fourth-order valence-electron chi connectivity index (χ4n) is 3.13. The summed E-state index contributed by atoms with van der Waals surface area (Å²) in [4.78, 5) is 0. The molecule has 0 radical (unpaired) electrons. The third-order valence-corrected chi connectivity index (χ3v) is 4.16. The van der Waals surface area contributed by atoms with Gasteiger partial charge >= 0.3 is 0 Å². The second-order valence-electron chi connectivity index (χ2n) is 5.62. The molecule has 0 aliphatic rings. The van der Waals surface area contributed by atoms with E-state index in [2.05, 4.69) is 0 Å². The van der Waals surface area contributed by atoms with Crippen LogP contribution in [0.4, 0.5) is 0 Å². The number of benzene rings is 2. The van der Waals surface area contributed by atoms with Crippen molar-refractivity contribution >= 4 is 21.9 Å². The van der Waals surface area contributed by atoms with Gasteiger partial charge < -0.3 is 4.42 Å². The SMILES string of the molecule is [2H]C([2H])([2H])c1cc(C)c(-c2cccc[n+]2C)c2oc3ccccc3c12. The van der Waals surface area contributed by atoms with E-state index < -0.39 is 6.85 Å². The maximum absolute atomic E-state index is 7.97. The van der Waals surface area contributed by atoms with E-state index in [1.165, 1.54) is 0 Å². The van der Waals surface area contributed by atoms with Crippen LogP contribution < -0.4 is 4.57 Å². The quantitative estimate of drug-likeness (QED) is 0.465. The Bertz CT molecular complexity index is 1110. The molecular formula is C20H18NO+. The number of aryl methyl sites for hydroxylation is 3. The number of rotatable bonds is 1. The number of hydrogen-bond acceptors (Lipinski definition) is 1. The molecule has 0 saturated carbocycles. The minimum Gasteiger partial charge on any atom is -0.455 e. The molecule has 0 unspecified atom stereocenters. The zero-order valence-corrected chi connectivity index (χ0v) is 12.6. The van der Waals surface area contributed by atoms with Crippen molar-refractivity contribution in [3.63, 3.8) is 0 Å². The highest BCUT2D eigenvalue weighted by molar-refractivity contribution is 6.11. The predicted octanol–water partition coefficient (Wildman–Crippen LogP) is 4.69. The lowest BCUT2D eigenvalue weighted by Gasteiger charge is -2.07. The van der Waals surface area contributed by atoms with Gasteiger partial charge in [0.25, 0.3) is 0 Å². The Labute approximate surface area is 133 Å². The summed E-state index contributed by atoms with van der Waals surface area (Å²) < 4.78 is 32.1. The maximum atomic E-state index is 7.97. The first-order valence-corrected chi connectivity index (χ1v) is 7.28. The largest absolute Gasteiger partial charge is 0.455 e. The van der Waals surface area contributed by atoms with Crippen molar-refractivity contribution < 1.29 is 13.1 Å². The molecule has 2 nitrogen and oxygen atoms in total. The van der Waals surface area contributed by atoms with Gasteiger partial charge in [-0.05, 0) is 37.0 Å². The van der Waals surface area contributed by atoms with Crippen LogP contribution in [-0.2, 0) is 7.05 Å². The number of para-hydroxylation sites is 1. The molecule has 4 rings (SSSR count). The monoisotopic (exact) mass is 291 g/mol. The summed E-state index contributed by atoms with van der Waals surface area (Å²) >= 11 is 0. The minimum atomic E-state index is -2.20. The average Bonchev–Trinajstić information content (AvgIpc) is 2.93. The van der Waals surface area contributed by atoms with E-state index in [1.54, 1.807) is 6.07 Å². The molecule has 0 bridgehead atoms. The van der Waals surface area contributed by atoms with Crippen LogP contribution in [-0.4, -0.2) is 0 Å². The maximum Gasteiger partial charge on any atom is 0.216 e. The molecule has 0 saturated heterocycles. The normalized spacial score (nSPS) is 14.0. The predicted molar refractivity (Wildman–Crippen MR) is 89.8 cm³/mol. The van der Waals surface area contributed by atoms with E-state index in [0.29, 0.717) is 22.1 Å². The van der Waals surface area contributed by atoms with Gasteiger partial charge in [-0.1, -0.05) is 24.3 Å². The van der Waals surface area contributed by atoms with Crippen molar-refractivity contribution in [2.24, 2.45) is 7.05 Å². The Kier molecular flexibility index (Phi) is 2.17. The minimum absolute atomic E-state index is 0.340.